The van der Waals surface area contributed by atoms with Gasteiger partial charge in [0.25, 0.3) is 0 Å². The maximum atomic E-state index is 6.14. The van der Waals surface area contributed by atoms with Crippen LogP contribution in [0.25, 0.3) is 0 Å². The third-order valence-corrected chi connectivity index (χ3v) is 3.47. The third-order valence-electron chi connectivity index (χ3n) is 3.12. The Morgan fingerprint density at radius 3 is 2.94 bits per heavy atom. The van der Waals surface area contributed by atoms with Gasteiger partial charge in [0.1, 0.15) is 0 Å². The van der Waals surface area contributed by atoms with Crippen molar-refractivity contribution in [3.8, 4) is 0 Å². The summed E-state index contributed by atoms with van der Waals surface area (Å²) >= 11 is 6.14. The summed E-state index contributed by atoms with van der Waals surface area (Å²) in [5.74, 6) is 0. The molecule has 1 aliphatic heterocycles. The van der Waals surface area contributed by atoms with E-state index >= 15 is 0 Å². The topological polar surface area (TPSA) is 38.5 Å². The van der Waals surface area contributed by atoms with Crippen LogP contribution in [0.4, 0.5) is 5.69 Å². The van der Waals surface area contributed by atoms with Crippen molar-refractivity contribution < 1.29 is 4.74 Å². The Labute approximate surface area is 101 Å². The molecule has 4 heteroatoms. The van der Waals surface area contributed by atoms with Crippen LogP contribution in [0.2, 0.25) is 5.02 Å². The van der Waals surface area contributed by atoms with E-state index in [2.05, 4.69) is 18.0 Å². The largest absolute Gasteiger partial charge is 0.379 e. The van der Waals surface area contributed by atoms with Gasteiger partial charge >= 0.3 is 0 Å². The van der Waals surface area contributed by atoms with Crippen LogP contribution in [0.5, 0.6) is 0 Å². The number of anilines is 1. The molecular formula is C12H17ClN2O. The van der Waals surface area contributed by atoms with Gasteiger partial charge in [0, 0.05) is 30.9 Å². The maximum Gasteiger partial charge on any atom is 0.0670 e. The quantitative estimate of drug-likeness (QED) is 0.879. The molecule has 1 saturated heterocycles. The maximum absolute atomic E-state index is 6.14. The number of nitrogens with zero attached hydrogens (tertiary/aromatic N) is 1. The second-order valence-electron chi connectivity index (χ2n) is 4.11. The van der Waals surface area contributed by atoms with E-state index in [4.69, 9.17) is 22.1 Å². The van der Waals surface area contributed by atoms with Crippen LogP contribution in [-0.2, 0) is 11.3 Å². The Morgan fingerprint density at radius 2 is 2.38 bits per heavy atom. The van der Waals surface area contributed by atoms with Gasteiger partial charge in [-0.1, -0.05) is 17.7 Å². The Morgan fingerprint density at radius 1 is 1.56 bits per heavy atom. The fraction of sp³-hybridized carbons (Fsp3) is 0.500. The van der Waals surface area contributed by atoms with Crippen molar-refractivity contribution >= 4 is 17.3 Å². The summed E-state index contributed by atoms with van der Waals surface area (Å²) < 4.78 is 5.38. The van der Waals surface area contributed by atoms with Gasteiger partial charge < -0.3 is 15.4 Å². The van der Waals surface area contributed by atoms with Gasteiger partial charge in [-0.2, -0.15) is 0 Å². The number of benzene rings is 1. The van der Waals surface area contributed by atoms with Crippen molar-refractivity contribution in [3.05, 3.63) is 28.8 Å². The van der Waals surface area contributed by atoms with Crippen molar-refractivity contribution in [2.75, 3.05) is 25.2 Å². The molecule has 0 bridgehead atoms. The molecule has 1 unspecified atom stereocenters. The zero-order valence-electron chi connectivity index (χ0n) is 9.45. The van der Waals surface area contributed by atoms with E-state index in [0.717, 1.165) is 35.9 Å². The van der Waals surface area contributed by atoms with Gasteiger partial charge in [-0.3, -0.25) is 0 Å². The summed E-state index contributed by atoms with van der Waals surface area (Å²) in [6, 6.07) is 6.48. The van der Waals surface area contributed by atoms with Crippen LogP contribution in [-0.4, -0.2) is 26.3 Å². The molecule has 2 N–H and O–H groups in total. The van der Waals surface area contributed by atoms with Crippen molar-refractivity contribution in [2.45, 2.75) is 19.0 Å². The van der Waals surface area contributed by atoms with Crippen LogP contribution >= 0.6 is 11.6 Å². The van der Waals surface area contributed by atoms with Crippen LogP contribution < -0.4 is 10.6 Å². The molecule has 16 heavy (non-hydrogen) atoms. The Kier molecular flexibility index (Phi) is 3.69. The van der Waals surface area contributed by atoms with E-state index in [-0.39, 0.29) is 0 Å². The summed E-state index contributed by atoms with van der Waals surface area (Å²) in [7, 11) is 2.08. The lowest BCUT2D eigenvalue weighted by Crippen LogP contribution is -2.31. The molecule has 2 rings (SSSR count). The highest BCUT2D eigenvalue weighted by atomic mass is 35.5. The van der Waals surface area contributed by atoms with Gasteiger partial charge in [0.2, 0.25) is 0 Å². The molecule has 88 valence electrons. The summed E-state index contributed by atoms with van der Waals surface area (Å²) in [5.41, 5.74) is 7.69. The van der Waals surface area contributed by atoms with E-state index in [1.54, 1.807) is 0 Å². The summed E-state index contributed by atoms with van der Waals surface area (Å²) in [4.78, 5) is 2.22. The smallest absolute Gasteiger partial charge is 0.0670 e. The van der Waals surface area contributed by atoms with Crippen molar-refractivity contribution in [3.63, 3.8) is 0 Å². The monoisotopic (exact) mass is 240 g/mol. The second-order valence-corrected chi connectivity index (χ2v) is 4.52. The molecule has 0 radical (unpaired) electrons. The zero-order chi connectivity index (χ0) is 11.5. The lowest BCUT2D eigenvalue weighted by molar-refractivity contribution is 0.193. The average Bonchev–Trinajstić information content (AvgIpc) is 2.81. The minimum absolute atomic E-state index is 0.458. The number of rotatable bonds is 3. The summed E-state index contributed by atoms with van der Waals surface area (Å²) in [5, 5.41) is 0.741. The van der Waals surface area contributed by atoms with Crippen LogP contribution in [0.1, 0.15) is 12.0 Å². The molecule has 1 aromatic rings. The fourth-order valence-corrected chi connectivity index (χ4v) is 2.21. The minimum atomic E-state index is 0.458. The zero-order valence-corrected chi connectivity index (χ0v) is 10.2. The molecule has 1 fully saturated rings. The van der Waals surface area contributed by atoms with Crippen LogP contribution in [0, 0.1) is 0 Å². The van der Waals surface area contributed by atoms with E-state index in [1.807, 2.05) is 12.1 Å². The first-order chi connectivity index (χ1) is 7.72. The minimum Gasteiger partial charge on any atom is -0.379 e. The Bertz CT molecular complexity index is 364. The van der Waals surface area contributed by atoms with Gasteiger partial charge in [-0.25, -0.2) is 0 Å². The number of ether oxygens (including phenoxy) is 1. The number of nitrogens with two attached hydrogens (primary N) is 1. The van der Waals surface area contributed by atoms with Crippen molar-refractivity contribution in [1.29, 1.82) is 0 Å². The molecule has 1 atom stereocenters. The third kappa shape index (κ3) is 2.32. The first-order valence-corrected chi connectivity index (χ1v) is 5.89. The van der Waals surface area contributed by atoms with E-state index in [9.17, 15) is 0 Å². The molecule has 0 aromatic heterocycles. The standard InChI is InChI=1S/C12H17ClN2O/c1-15(11-4-5-16-8-11)10-3-2-9(7-14)12(13)6-10/h2-3,6,11H,4-5,7-8,14H2,1H3. The van der Waals surface area contributed by atoms with E-state index < -0.39 is 0 Å². The second kappa shape index (κ2) is 5.04. The number of halogens is 1. The number of likely N-dealkylation sites (N-methyl/N-ethyl adjacent to an activating group) is 1. The predicted octanol–water partition coefficient (Wildman–Crippen LogP) is 2.02. The molecular weight excluding hydrogens is 224 g/mol. The van der Waals surface area contributed by atoms with Gasteiger partial charge in [-0.15, -0.1) is 0 Å². The molecule has 0 aliphatic carbocycles. The Balaban J connectivity index is 2.16. The highest BCUT2D eigenvalue weighted by Gasteiger charge is 2.20. The first-order valence-electron chi connectivity index (χ1n) is 5.51. The Hall–Kier alpha value is -0.770. The molecule has 3 nitrogen and oxygen atoms in total. The first kappa shape index (κ1) is 11.7. The van der Waals surface area contributed by atoms with Crippen LogP contribution in [0.15, 0.2) is 18.2 Å². The van der Waals surface area contributed by atoms with Crippen LogP contribution in [0.3, 0.4) is 0 Å². The highest BCUT2D eigenvalue weighted by Crippen LogP contribution is 2.25. The fourth-order valence-electron chi connectivity index (χ4n) is 1.96. The van der Waals surface area contributed by atoms with Gasteiger partial charge in [0.05, 0.1) is 12.6 Å². The molecule has 1 aliphatic rings. The SMILES string of the molecule is CN(c1ccc(CN)c(Cl)c1)C1CCOC1. The normalized spacial score (nSPS) is 20.1. The molecule has 0 spiro atoms. The van der Waals surface area contributed by atoms with Crippen molar-refractivity contribution in [2.24, 2.45) is 5.73 Å². The number of hydrogen-bond donors (Lipinski definition) is 1. The molecule has 0 saturated carbocycles. The molecule has 0 amide bonds. The predicted molar refractivity (Wildman–Crippen MR) is 67.0 cm³/mol. The van der Waals surface area contributed by atoms with E-state index in [0.29, 0.717) is 12.6 Å². The van der Waals surface area contributed by atoms with Gasteiger partial charge in [0.15, 0.2) is 0 Å². The molecule has 1 heterocycles. The lowest BCUT2D eigenvalue weighted by Gasteiger charge is -2.25. The molecule has 1 aromatic carbocycles. The van der Waals surface area contributed by atoms with E-state index in [1.165, 1.54) is 0 Å². The summed E-state index contributed by atoms with van der Waals surface area (Å²) in [6.07, 6.45) is 1.08. The summed E-state index contributed by atoms with van der Waals surface area (Å²) in [6.45, 7) is 2.13. The average molecular weight is 241 g/mol. The van der Waals surface area contributed by atoms with Gasteiger partial charge in [-0.05, 0) is 24.1 Å². The lowest BCUT2D eigenvalue weighted by atomic mass is 10.1. The number of hydrogen-bond acceptors (Lipinski definition) is 3. The highest BCUT2D eigenvalue weighted by molar-refractivity contribution is 6.31. The van der Waals surface area contributed by atoms with Crippen molar-refractivity contribution in [1.82, 2.24) is 0 Å².